The molecule has 0 spiro atoms. The van der Waals surface area contributed by atoms with E-state index < -0.39 is 24.1 Å². The topological polar surface area (TPSA) is 37.3 Å². The molecule has 20 heavy (non-hydrogen) atoms. The first-order valence-electron chi connectivity index (χ1n) is 6.63. The predicted molar refractivity (Wildman–Crippen MR) is 68.5 cm³/mol. The highest BCUT2D eigenvalue weighted by atomic mass is 19.4. The average Bonchev–Trinajstić information content (AvgIpc) is 2.41. The van der Waals surface area contributed by atoms with Crippen molar-refractivity contribution in [3.05, 3.63) is 35.4 Å². The molecule has 0 fully saturated rings. The molecule has 0 heterocycles. The fourth-order valence-corrected chi connectivity index (χ4v) is 2.91. The Balaban J connectivity index is 2.32. The first-order chi connectivity index (χ1) is 9.28. The molecule has 1 aliphatic carbocycles. The molecule has 110 valence electrons. The summed E-state index contributed by atoms with van der Waals surface area (Å²) in [5, 5.41) is 9.61. The normalized spacial score (nSPS) is 25.6. The SMILES string of the molecule is CC1CCC(CC(O)(C=O)C(F)(F)F)c2ccccc21. The lowest BCUT2D eigenvalue weighted by atomic mass is 9.73. The quantitative estimate of drug-likeness (QED) is 0.863. The molecule has 1 aliphatic rings. The molecule has 0 aromatic heterocycles. The number of hydrogen-bond donors (Lipinski definition) is 1. The third-order valence-corrected chi connectivity index (χ3v) is 4.16. The Morgan fingerprint density at radius 3 is 2.40 bits per heavy atom. The maximum absolute atomic E-state index is 12.8. The van der Waals surface area contributed by atoms with Crippen molar-refractivity contribution in [3.63, 3.8) is 0 Å². The van der Waals surface area contributed by atoms with Gasteiger partial charge in [0.1, 0.15) is 0 Å². The third kappa shape index (κ3) is 2.59. The standard InChI is InChI=1S/C15H17F3O2/c1-10-6-7-11(13-5-3-2-4-12(10)13)8-14(20,9-19)15(16,17)18/h2-5,9-11,20H,6-8H2,1H3. The molecule has 1 N–H and O–H groups in total. The van der Waals surface area contributed by atoms with Crippen LogP contribution >= 0.6 is 0 Å². The van der Waals surface area contributed by atoms with Gasteiger partial charge >= 0.3 is 6.18 Å². The van der Waals surface area contributed by atoms with E-state index in [1.54, 1.807) is 12.1 Å². The minimum atomic E-state index is -4.94. The van der Waals surface area contributed by atoms with Crippen LogP contribution in [-0.2, 0) is 4.79 Å². The molecule has 0 aliphatic heterocycles. The lowest BCUT2D eigenvalue weighted by molar-refractivity contribution is -0.248. The van der Waals surface area contributed by atoms with E-state index in [4.69, 9.17) is 0 Å². The van der Waals surface area contributed by atoms with E-state index in [-0.39, 0.29) is 12.2 Å². The molecule has 2 rings (SSSR count). The molecule has 0 amide bonds. The number of carbonyl (C=O) groups excluding carboxylic acids is 1. The van der Waals surface area contributed by atoms with E-state index in [2.05, 4.69) is 0 Å². The Bertz CT molecular complexity index is 498. The Hall–Kier alpha value is -1.36. The van der Waals surface area contributed by atoms with E-state index in [0.717, 1.165) is 17.5 Å². The van der Waals surface area contributed by atoms with Gasteiger partial charge in [-0.3, -0.25) is 4.79 Å². The summed E-state index contributed by atoms with van der Waals surface area (Å²) in [6.45, 7) is 2.03. The largest absolute Gasteiger partial charge is 0.424 e. The van der Waals surface area contributed by atoms with Gasteiger partial charge in [-0.25, -0.2) is 0 Å². The van der Waals surface area contributed by atoms with E-state index >= 15 is 0 Å². The van der Waals surface area contributed by atoms with Crippen molar-refractivity contribution in [1.29, 1.82) is 0 Å². The second kappa shape index (κ2) is 5.20. The number of aldehydes is 1. The lowest BCUT2D eigenvalue weighted by Gasteiger charge is -2.34. The number of carbonyl (C=O) groups is 1. The van der Waals surface area contributed by atoms with Crippen LogP contribution in [0.3, 0.4) is 0 Å². The van der Waals surface area contributed by atoms with Gasteiger partial charge in [0.05, 0.1) is 0 Å². The Labute approximate surface area is 115 Å². The van der Waals surface area contributed by atoms with E-state index in [0.29, 0.717) is 6.42 Å². The van der Waals surface area contributed by atoms with Crippen LogP contribution in [0.1, 0.15) is 49.1 Å². The van der Waals surface area contributed by atoms with Crippen molar-refractivity contribution >= 4 is 6.29 Å². The molecular formula is C15H17F3O2. The zero-order chi connectivity index (χ0) is 15.0. The van der Waals surface area contributed by atoms with Crippen molar-refractivity contribution in [2.24, 2.45) is 0 Å². The summed E-state index contributed by atoms with van der Waals surface area (Å²) in [5.74, 6) is -0.156. The highest BCUT2D eigenvalue weighted by Gasteiger charge is 2.55. The zero-order valence-corrected chi connectivity index (χ0v) is 11.2. The number of rotatable bonds is 3. The number of halogens is 3. The highest BCUT2D eigenvalue weighted by molar-refractivity contribution is 5.64. The summed E-state index contributed by atoms with van der Waals surface area (Å²) in [4.78, 5) is 10.8. The molecular weight excluding hydrogens is 269 g/mol. The number of aliphatic hydroxyl groups is 1. The summed E-state index contributed by atoms with van der Waals surface area (Å²) >= 11 is 0. The number of fused-ring (bicyclic) bond motifs is 1. The maximum Gasteiger partial charge on any atom is 0.424 e. The molecule has 0 saturated carbocycles. The minimum Gasteiger partial charge on any atom is -0.374 e. The Morgan fingerprint density at radius 2 is 1.85 bits per heavy atom. The van der Waals surface area contributed by atoms with Crippen molar-refractivity contribution in [2.75, 3.05) is 0 Å². The van der Waals surface area contributed by atoms with Crippen LogP contribution in [0.2, 0.25) is 0 Å². The van der Waals surface area contributed by atoms with Crippen molar-refractivity contribution in [1.82, 2.24) is 0 Å². The first-order valence-corrected chi connectivity index (χ1v) is 6.63. The van der Waals surface area contributed by atoms with Gasteiger partial charge in [0.15, 0.2) is 6.29 Å². The Kier molecular flexibility index (Phi) is 3.91. The third-order valence-electron chi connectivity index (χ3n) is 4.16. The highest BCUT2D eigenvalue weighted by Crippen LogP contribution is 2.44. The molecule has 0 bridgehead atoms. The number of benzene rings is 1. The second-order valence-electron chi connectivity index (χ2n) is 5.55. The molecule has 5 heteroatoms. The lowest BCUT2D eigenvalue weighted by Crippen LogP contribution is -2.48. The predicted octanol–water partition coefficient (Wildman–Crippen LogP) is 3.55. The molecule has 0 radical (unpaired) electrons. The summed E-state index contributed by atoms with van der Waals surface area (Å²) in [6, 6.07) is 7.32. The van der Waals surface area contributed by atoms with Gasteiger partial charge in [-0.1, -0.05) is 31.2 Å². The van der Waals surface area contributed by atoms with E-state index in [9.17, 15) is 23.1 Å². The molecule has 3 atom stereocenters. The number of hydrogen-bond acceptors (Lipinski definition) is 2. The summed E-state index contributed by atoms with van der Waals surface area (Å²) < 4.78 is 38.5. The van der Waals surface area contributed by atoms with Crippen molar-refractivity contribution in [3.8, 4) is 0 Å². The second-order valence-corrected chi connectivity index (χ2v) is 5.55. The molecule has 3 unspecified atom stereocenters. The van der Waals surface area contributed by atoms with Crippen LogP contribution in [0.5, 0.6) is 0 Å². The molecule has 1 aromatic carbocycles. The van der Waals surface area contributed by atoms with Crippen LogP contribution < -0.4 is 0 Å². The van der Waals surface area contributed by atoms with Crippen LogP contribution in [0.15, 0.2) is 24.3 Å². The minimum absolute atomic E-state index is 0.290. The van der Waals surface area contributed by atoms with Crippen LogP contribution in [-0.4, -0.2) is 23.2 Å². The van der Waals surface area contributed by atoms with Crippen LogP contribution in [0, 0.1) is 0 Å². The summed E-state index contributed by atoms with van der Waals surface area (Å²) in [5.41, 5.74) is -1.43. The fraction of sp³-hybridized carbons (Fsp3) is 0.533. The average molecular weight is 286 g/mol. The van der Waals surface area contributed by atoms with Gasteiger partial charge in [0.25, 0.3) is 0 Å². The van der Waals surface area contributed by atoms with Crippen LogP contribution in [0.4, 0.5) is 13.2 Å². The zero-order valence-electron chi connectivity index (χ0n) is 11.2. The van der Waals surface area contributed by atoms with Gasteiger partial charge in [0.2, 0.25) is 5.60 Å². The van der Waals surface area contributed by atoms with Crippen LogP contribution in [0.25, 0.3) is 0 Å². The van der Waals surface area contributed by atoms with E-state index in [1.165, 1.54) is 0 Å². The maximum atomic E-state index is 12.8. The van der Waals surface area contributed by atoms with Crippen molar-refractivity contribution < 1.29 is 23.1 Å². The van der Waals surface area contributed by atoms with Gasteiger partial charge in [-0.05, 0) is 42.2 Å². The van der Waals surface area contributed by atoms with E-state index in [1.807, 2.05) is 19.1 Å². The molecule has 2 nitrogen and oxygen atoms in total. The monoisotopic (exact) mass is 286 g/mol. The van der Waals surface area contributed by atoms with Gasteiger partial charge in [0, 0.05) is 0 Å². The fourth-order valence-electron chi connectivity index (χ4n) is 2.91. The Morgan fingerprint density at radius 1 is 1.25 bits per heavy atom. The first kappa shape index (κ1) is 15.0. The summed E-state index contributed by atoms with van der Waals surface area (Å²) in [6.07, 6.45) is -4.62. The molecule has 0 saturated heterocycles. The smallest absolute Gasteiger partial charge is 0.374 e. The van der Waals surface area contributed by atoms with Gasteiger partial charge < -0.3 is 5.11 Å². The number of alkyl halides is 3. The summed E-state index contributed by atoms with van der Waals surface area (Å²) in [7, 11) is 0. The molecule has 1 aromatic rings. The van der Waals surface area contributed by atoms with Gasteiger partial charge in [-0.15, -0.1) is 0 Å². The van der Waals surface area contributed by atoms with Crippen molar-refractivity contribution in [2.45, 2.75) is 49.8 Å². The van der Waals surface area contributed by atoms with Gasteiger partial charge in [-0.2, -0.15) is 13.2 Å².